The molecule has 2 aromatic carbocycles. The van der Waals surface area contributed by atoms with E-state index in [4.69, 9.17) is 11.6 Å². The molecule has 1 aliphatic rings. The van der Waals surface area contributed by atoms with Gasteiger partial charge in [-0.05, 0) is 55.2 Å². The Morgan fingerprint density at radius 3 is 2.57 bits per heavy atom. The van der Waals surface area contributed by atoms with Crippen molar-refractivity contribution >= 4 is 38.3 Å². The van der Waals surface area contributed by atoms with E-state index in [2.05, 4.69) is 0 Å². The van der Waals surface area contributed by atoms with Crippen LogP contribution in [0.5, 0.6) is 0 Å². The molecule has 2 atom stereocenters. The predicted molar refractivity (Wildman–Crippen MR) is 114 cm³/mol. The van der Waals surface area contributed by atoms with E-state index in [0.29, 0.717) is 28.8 Å². The Morgan fingerprint density at radius 1 is 1.30 bits per heavy atom. The fourth-order valence-electron chi connectivity index (χ4n) is 4.60. The van der Waals surface area contributed by atoms with Gasteiger partial charge in [-0.3, -0.25) is 4.79 Å². The van der Waals surface area contributed by atoms with Gasteiger partial charge in [-0.15, -0.1) is 0 Å². The van der Waals surface area contributed by atoms with Crippen LogP contribution in [-0.4, -0.2) is 30.3 Å². The number of hydrogen-bond acceptors (Lipinski definition) is 3. The highest BCUT2D eigenvalue weighted by Gasteiger charge is 2.35. The number of carbonyl (C=O) groups is 1. The van der Waals surface area contributed by atoms with E-state index in [1.807, 2.05) is 23.6 Å². The van der Waals surface area contributed by atoms with E-state index in [-0.39, 0.29) is 23.3 Å². The van der Waals surface area contributed by atoms with Crippen LogP contribution in [-0.2, 0) is 21.1 Å². The molecule has 1 N–H and O–H groups in total. The van der Waals surface area contributed by atoms with Gasteiger partial charge < -0.3 is 9.67 Å². The van der Waals surface area contributed by atoms with E-state index >= 15 is 0 Å². The van der Waals surface area contributed by atoms with Crippen molar-refractivity contribution in [2.75, 3.05) is 6.26 Å². The summed E-state index contributed by atoms with van der Waals surface area (Å²) in [7, 11) is -3.72. The van der Waals surface area contributed by atoms with Crippen molar-refractivity contribution in [3.05, 3.63) is 64.1 Å². The molecule has 2 unspecified atom stereocenters. The van der Waals surface area contributed by atoms with Gasteiger partial charge >= 0.3 is 5.97 Å². The number of fused-ring (bicyclic) bond motifs is 3. The van der Waals surface area contributed by atoms with Crippen molar-refractivity contribution in [3.63, 3.8) is 0 Å². The third kappa shape index (κ3) is 3.50. The average Bonchev–Trinajstić information content (AvgIpc) is 3.18. The summed E-state index contributed by atoms with van der Waals surface area (Å²) in [5.74, 6) is -1.81. The minimum Gasteiger partial charge on any atom is -0.481 e. The highest BCUT2D eigenvalue weighted by molar-refractivity contribution is 7.91. The number of aromatic nitrogens is 1. The molecule has 0 amide bonds. The molecule has 0 aliphatic heterocycles. The summed E-state index contributed by atoms with van der Waals surface area (Å²) in [5.41, 5.74) is 2.94. The number of hydrogen-bond donors (Lipinski definition) is 1. The van der Waals surface area contributed by atoms with Gasteiger partial charge in [-0.1, -0.05) is 23.7 Å². The minimum atomic E-state index is -3.72. The van der Waals surface area contributed by atoms with Gasteiger partial charge in [0, 0.05) is 28.3 Å². The molecule has 3 aromatic rings. The van der Waals surface area contributed by atoms with Crippen LogP contribution in [0.2, 0.25) is 5.02 Å². The summed E-state index contributed by atoms with van der Waals surface area (Å²) >= 11 is 6.02. The summed E-state index contributed by atoms with van der Waals surface area (Å²) in [6.07, 6.45) is 2.21. The third-order valence-electron chi connectivity index (χ3n) is 5.86. The van der Waals surface area contributed by atoms with E-state index < -0.39 is 21.6 Å². The van der Waals surface area contributed by atoms with Crippen LogP contribution < -0.4 is 0 Å². The van der Waals surface area contributed by atoms with E-state index in [9.17, 15) is 22.7 Å². The lowest BCUT2D eigenvalue weighted by molar-refractivity contribution is -0.137. The molecule has 1 aliphatic carbocycles. The van der Waals surface area contributed by atoms with Crippen molar-refractivity contribution in [1.82, 2.24) is 4.57 Å². The number of aryl methyl sites for hydroxylation is 1. The van der Waals surface area contributed by atoms with Gasteiger partial charge in [0.25, 0.3) is 0 Å². The van der Waals surface area contributed by atoms with Crippen LogP contribution in [0.1, 0.15) is 48.5 Å². The standard InChI is InChI=1S/C22H21ClFNO4S/c1-12(13-3-6-15(23)7-4-13)25-21-14(9-20(26)27)5-8-17(21)18-10-16(24)11-19(22(18)25)30(2,28)29/h3-4,6-7,10-12,14H,5,8-9H2,1-2H3,(H,26,27). The molecule has 0 saturated heterocycles. The fourth-order valence-corrected chi connectivity index (χ4v) is 5.61. The van der Waals surface area contributed by atoms with Crippen molar-refractivity contribution in [1.29, 1.82) is 0 Å². The second-order valence-corrected chi connectivity index (χ2v) is 10.3. The minimum absolute atomic E-state index is 0.0622. The molecule has 0 saturated carbocycles. The fraction of sp³-hybridized carbons (Fsp3) is 0.318. The van der Waals surface area contributed by atoms with Gasteiger partial charge in [-0.25, -0.2) is 12.8 Å². The molecule has 1 aromatic heterocycles. The SMILES string of the molecule is CC(c1ccc(Cl)cc1)n1c2c(c3cc(F)cc(S(C)(=O)=O)c31)CCC2CC(=O)O. The molecule has 8 heteroatoms. The van der Waals surface area contributed by atoms with Gasteiger partial charge in [0.15, 0.2) is 9.84 Å². The van der Waals surface area contributed by atoms with Crippen LogP contribution in [0.15, 0.2) is 41.3 Å². The lowest BCUT2D eigenvalue weighted by atomic mass is 10.0. The molecule has 0 fully saturated rings. The van der Waals surface area contributed by atoms with E-state index in [0.717, 1.165) is 29.1 Å². The number of nitrogens with zero attached hydrogens (tertiary/aromatic N) is 1. The second-order valence-electron chi connectivity index (χ2n) is 7.87. The highest BCUT2D eigenvalue weighted by atomic mass is 35.5. The molecule has 0 bridgehead atoms. The Hall–Kier alpha value is -2.38. The Bertz CT molecular complexity index is 1260. The first-order valence-corrected chi connectivity index (χ1v) is 11.9. The summed E-state index contributed by atoms with van der Waals surface area (Å²) < 4.78 is 41.4. The van der Waals surface area contributed by atoms with Crippen molar-refractivity contribution in [2.24, 2.45) is 0 Å². The Kier molecular flexibility index (Phi) is 5.14. The number of rotatable bonds is 5. The van der Waals surface area contributed by atoms with Crippen molar-refractivity contribution in [3.8, 4) is 0 Å². The number of carboxylic acid groups (broad SMARTS) is 1. The molecular formula is C22H21ClFNO4S. The third-order valence-corrected chi connectivity index (χ3v) is 7.23. The quantitative estimate of drug-likeness (QED) is 0.597. The number of carboxylic acids is 1. The van der Waals surface area contributed by atoms with Crippen LogP contribution in [0.4, 0.5) is 4.39 Å². The largest absolute Gasteiger partial charge is 0.481 e. The summed E-state index contributed by atoms with van der Waals surface area (Å²) in [4.78, 5) is 11.4. The molecule has 4 rings (SSSR count). The van der Waals surface area contributed by atoms with Crippen LogP contribution >= 0.6 is 11.6 Å². The number of benzene rings is 2. The predicted octanol–water partition coefficient (Wildman–Crippen LogP) is 4.95. The Morgan fingerprint density at radius 2 is 1.97 bits per heavy atom. The molecule has 1 heterocycles. The highest BCUT2D eigenvalue weighted by Crippen LogP contribution is 2.46. The zero-order valence-corrected chi connectivity index (χ0v) is 18.1. The number of aliphatic carboxylic acids is 1. The molecule has 30 heavy (non-hydrogen) atoms. The normalized spacial score (nSPS) is 17.3. The summed E-state index contributed by atoms with van der Waals surface area (Å²) in [6.45, 7) is 1.93. The molecule has 5 nitrogen and oxygen atoms in total. The first-order valence-electron chi connectivity index (χ1n) is 9.61. The van der Waals surface area contributed by atoms with E-state index in [1.165, 1.54) is 6.07 Å². The average molecular weight is 450 g/mol. The molecule has 0 radical (unpaired) electrons. The lowest BCUT2D eigenvalue weighted by Crippen LogP contribution is -2.15. The van der Waals surface area contributed by atoms with Crippen molar-refractivity contribution in [2.45, 2.75) is 43.0 Å². The van der Waals surface area contributed by atoms with Crippen molar-refractivity contribution < 1.29 is 22.7 Å². The molecule has 158 valence electrons. The second kappa shape index (κ2) is 7.39. The van der Waals surface area contributed by atoms with E-state index in [1.54, 1.807) is 12.1 Å². The zero-order chi connectivity index (χ0) is 21.8. The lowest BCUT2D eigenvalue weighted by Gasteiger charge is -2.23. The first kappa shape index (κ1) is 20.9. The molecule has 0 spiro atoms. The molecular weight excluding hydrogens is 429 g/mol. The topological polar surface area (TPSA) is 76.4 Å². The van der Waals surface area contributed by atoms with Crippen LogP contribution in [0.3, 0.4) is 0 Å². The van der Waals surface area contributed by atoms with Gasteiger partial charge in [0.1, 0.15) is 5.82 Å². The maximum atomic E-state index is 14.4. The number of halogens is 2. The summed E-state index contributed by atoms with van der Waals surface area (Å²) in [6, 6.07) is 9.33. The smallest absolute Gasteiger partial charge is 0.304 e. The monoisotopic (exact) mass is 449 g/mol. The number of sulfone groups is 1. The Labute approximate surface area is 179 Å². The maximum Gasteiger partial charge on any atom is 0.304 e. The van der Waals surface area contributed by atoms with Crippen LogP contribution in [0.25, 0.3) is 10.9 Å². The van der Waals surface area contributed by atoms with Gasteiger partial charge in [0.2, 0.25) is 0 Å². The summed E-state index contributed by atoms with van der Waals surface area (Å²) in [5, 5.41) is 10.5. The first-order chi connectivity index (χ1) is 14.1. The Balaban J connectivity index is 2.08. The van der Waals surface area contributed by atoms with Crippen LogP contribution in [0, 0.1) is 5.82 Å². The van der Waals surface area contributed by atoms with Gasteiger partial charge in [-0.2, -0.15) is 0 Å². The maximum absolute atomic E-state index is 14.4. The van der Waals surface area contributed by atoms with Gasteiger partial charge in [0.05, 0.1) is 22.9 Å². The zero-order valence-electron chi connectivity index (χ0n) is 16.5.